The number of aromatic nitrogens is 2. The van der Waals surface area contributed by atoms with Crippen LogP contribution in [0.2, 0.25) is 0 Å². The number of hydrogen-bond acceptors (Lipinski definition) is 4. The topological polar surface area (TPSA) is 79.5 Å². The van der Waals surface area contributed by atoms with Gasteiger partial charge in [0.05, 0.1) is 17.2 Å². The lowest BCUT2D eigenvalue weighted by atomic mass is 10.1. The minimum absolute atomic E-state index is 0.117. The van der Waals surface area contributed by atoms with E-state index in [2.05, 4.69) is 22.1 Å². The zero-order chi connectivity index (χ0) is 18.5. The molecule has 0 spiro atoms. The second kappa shape index (κ2) is 7.65. The molecule has 6 nitrogen and oxygen atoms in total. The van der Waals surface area contributed by atoms with Gasteiger partial charge in [-0.1, -0.05) is 30.3 Å². The average molecular weight is 348 g/mol. The summed E-state index contributed by atoms with van der Waals surface area (Å²) in [7, 11) is 0. The van der Waals surface area contributed by atoms with Gasteiger partial charge in [0.15, 0.2) is 0 Å². The zero-order valence-corrected chi connectivity index (χ0v) is 14.5. The standard InChI is InChI=1S/C20H20N4O2/c1-3-7-15-8-6-9-16(20(15)26)12-21-23-19(25)13-24-14(2)22-17-10-4-5-11-18(17)24/h3-6,8-12,26H,1,7,13H2,2H3,(H,23,25)/b21-12-. The van der Waals surface area contributed by atoms with E-state index in [0.29, 0.717) is 12.0 Å². The quantitative estimate of drug-likeness (QED) is 0.408. The first-order valence-corrected chi connectivity index (χ1v) is 8.25. The molecule has 132 valence electrons. The van der Waals surface area contributed by atoms with Crippen LogP contribution in [0.25, 0.3) is 11.0 Å². The molecule has 0 aliphatic heterocycles. The van der Waals surface area contributed by atoms with Crippen LogP contribution < -0.4 is 5.43 Å². The van der Waals surface area contributed by atoms with Gasteiger partial charge in [-0.05, 0) is 37.1 Å². The van der Waals surface area contributed by atoms with Crippen LogP contribution in [-0.4, -0.2) is 26.8 Å². The van der Waals surface area contributed by atoms with Crippen LogP contribution in [0.5, 0.6) is 5.75 Å². The van der Waals surface area contributed by atoms with Gasteiger partial charge in [-0.2, -0.15) is 5.10 Å². The first-order valence-electron chi connectivity index (χ1n) is 8.25. The Kier molecular flexibility index (Phi) is 5.12. The fourth-order valence-electron chi connectivity index (χ4n) is 2.78. The van der Waals surface area contributed by atoms with Gasteiger partial charge in [0.1, 0.15) is 18.1 Å². The number of benzene rings is 2. The van der Waals surface area contributed by atoms with Crippen LogP contribution in [0.1, 0.15) is 17.0 Å². The monoisotopic (exact) mass is 348 g/mol. The van der Waals surface area contributed by atoms with E-state index < -0.39 is 0 Å². The number of imidazole rings is 1. The summed E-state index contributed by atoms with van der Waals surface area (Å²) in [6, 6.07) is 13.0. The van der Waals surface area contributed by atoms with Crippen LogP contribution in [0.3, 0.4) is 0 Å². The predicted octanol–water partition coefficient (Wildman–Crippen LogP) is 2.93. The van der Waals surface area contributed by atoms with Crippen LogP contribution in [0, 0.1) is 6.92 Å². The number of carbonyl (C=O) groups is 1. The van der Waals surface area contributed by atoms with Crippen molar-refractivity contribution in [1.29, 1.82) is 0 Å². The van der Waals surface area contributed by atoms with E-state index in [1.54, 1.807) is 12.1 Å². The number of carbonyl (C=O) groups excluding carboxylic acids is 1. The Morgan fingerprint density at radius 1 is 1.31 bits per heavy atom. The number of hydrazone groups is 1. The number of aromatic hydroxyl groups is 1. The van der Waals surface area contributed by atoms with Crippen molar-refractivity contribution in [2.75, 3.05) is 0 Å². The summed E-state index contributed by atoms with van der Waals surface area (Å²) in [5, 5.41) is 14.1. The van der Waals surface area contributed by atoms with Gasteiger partial charge in [-0.3, -0.25) is 4.79 Å². The molecule has 0 saturated carbocycles. The molecule has 0 unspecified atom stereocenters. The van der Waals surface area contributed by atoms with Crippen LogP contribution in [0.4, 0.5) is 0 Å². The third-order valence-electron chi connectivity index (χ3n) is 4.06. The van der Waals surface area contributed by atoms with Crippen molar-refractivity contribution in [2.45, 2.75) is 19.9 Å². The predicted molar refractivity (Wildman–Crippen MR) is 102 cm³/mol. The normalized spacial score (nSPS) is 11.1. The third-order valence-corrected chi connectivity index (χ3v) is 4.06. The van der Waals surface area contributed by atoms with Gasteiger partial charge >= 0.3 is 0 Å². The maximum Gasteiger partial charge on any atom is 0.260 e. The van der Waals surface area contributed by atoms with Crippen molar-refractivity contribution in [3.05, 3.63) is 72.1 Å². The highest BCUT2D eigenvalue weighted by molar-refractivity contribution is 5.86. The van der Waals surface area contributed by atoms with E-state index in [4.69, 9.17) is 0 Å². The second-order valence-corrected chi connectivity index (χ2v) is 5.87. The molecule has 2 N–H and O–H groups in total. The molecule has 3 rings (SSSR count). The summed E-state index contributed by atoms with van der Waals surface area (Å²) in [4.78, 5) is 16.6. The van der Waals surface area contributed by atoms with Crippen molar-refractivity contribution in [3.63, 3.8) is 0 Å². The molecule has 6 heteroatoms. The summed E-state index contributed by atoms with van der Waals surface area (Å²) >= 11 is 0. The smallest absolute Gasteiger partial charge is 0.260 e. The Balaban J connectivity index is 1.69. The fraction of sp³-hybridized carbons (Fsp3) is 0.150. The minimum Gasteiger partial charge on any atom is -0.507 e. The molecule has 0 fully saturated rings. The Morgan fingerprint density at radius 2 is 2.12 bits per heavy atom. The van der Waals surface area contributed by atoms with Crippen molar-refractivity contribution in [2.24, 2.45) is 5.10 Å². The van der Waals surface area contributed by atoms with Gasteiger partial charge < -0.3 is 9.67 Å². The number of rotatable bonds is 6. The third kappa shape index (κ3) is 3.64. The lowest BCUT2D eigenvalue weighted by Crippen LogP contribution is -2.23. The largest absolute Gasteiger partial charge is 0.507 e. The molecule has 0 aliphatic rings. The van der Waals surface area contributed by atoms with E-state index in [-0.39, 0.29) is 18.2 Å². The number of para-hydroxylation sites is 3. The number of nitrogens with one attached hydrogen (secondary N) is 1. The fourth-order valence-corrected chi connectivity index (χ4v) is 2.78. The van der Waals surface area contributed by atoms with Crippen molar-refractivity contribution >= 4 is 23.2 Å². The Hall–Kier alpha value is -3.41. The summed E-state index contributed by atoms with van der Waals surface area (Å²) < 4.78 is 1.84. The van der Waals surface area contributed by atoms with E-state index in [9.17, 15) is 9.90 Å². The Labute approximate surface area is 151 Å². The van der Waals surface area contributed by atoms with Gasteiger partial charge in [-0.25, -0.2) is 10.4 Å². The second-order valence-electron chi connectivity index (χ2n) is 5.87. The Morgan fingerprint density at radius 3 is 2.92 bits per heavy atom. The maximum absolute atomic E-state index is 12.2. The lowest BCUT2D eigenvalue weighted by Gasteiger charge is -2.06. The molecular formula is C20H20N4O2. The minimum atomic E-state index is -0.269. The number of hydrogen-bond donors (Lipinski definition) is 2. The van der Waals surface area contributed by atoms with Gasteiger partial charge in [0.2, 0.25) is 0 Å². The van der Waals surface area contributed by atoms with Crippen LogP contribution >= 0.6 is 0 Å². The van der Waals surface area contributed by atoms with Crippen LogP contribution in [-0.2, 0) is 17.8 Å². The summed E-state index contributed by atoms with van der Waals surface area (Å²) in [5.41, 5.74) is 5.54. The van der Waals surface area contributed by atoms with E-state index >= 15 is 0 Å². The number of amides is 1. The molecule has 0 atom stereocenters. The summed E-state index contributed by atoms with van der Waals surface area (Å²) in [6.45, 7) is 5.65. The molecule has 0 radical (unpaired) electrons. The lowest BCUT2D eigenvalue weighted by molar-refractivity contribution is -0.121. The first-order chi connectivity index (χ1) is 12.6. The van der Waals surface area contributed by atoms with E-state index in [1.165, 1.54) is 6.21 Å². The highest BCUT2D eigenvalue weighted by Gasteiger charge is 2.10. The molecule has 1 aromatic heterocycles. The number of aryl methyl sites for hydroxylation is 1. The number of nitrogens with zero attached hydrogens (tertiary/aromatic N) is 3. The van der Waals surface area contributed by atoms with Crippen molar-refractivity contribution < 1.29 is 9.90 Å². The number of phenols is 1. The number of allylic oxidation sites excluding steroid dienone is 1. The highest BCUT2D eigenvalue weighted by Crippen LogP contribution is 2.21. The molecule has 2 aromatic carbocycles. The molecule has 0 aliphatic carbocycles. The average Bonchev–Trinajstić information content (AvgIpc) is 2.94. The molecule has 0 bridgehead atoms. The molecular weight excluding hydrogens is 328 g/mol. The first kappa shape index (κ1) is 17.4. The van der Waals surface area contributed by atoms with Gasteiger partial charge in [-0.15, -0.1) is 6.58 Å². The molecule has 1 amide bonds. The zero-order valence-electron chi connectivity index (χ0n) is 14.5. The molecule has 26 heavy (non-hydrogen) atoms. The number of fused-ring (bicyclic) bond motifs is 1. The molecule has 3 aromatic rings. The molecule has 1 heterocycles. The van der Waals surface area contributed by atoms with E-state index in [1.807, 2.05) is 47.9 Å². The van der Waals surface area contributed by atoms with Gasteiger partial charge in [0.25, 0.3) is 5.91 Å². The van der Waals surface area contributed by atoms with E-state index in [0.717, 1.165) is 22.4 Å². The Bertz CT molecular complexity index is 989. The van der Waals surface area contributed by atoms with Crippen molar-refractivity contribution in [1.82, 2.24) is 15.0 Å². The number of phenolic OH excluding ortho intramolecular Hbond substituents is 1. The summed E-state index contributed by atoms with van der Waals surface area (Å²) in [6.07, 6.45) is 3.71. The van der Waals surface area contributed by atoms with Crippen molar-refractivity contribution in [3.8, 4) is 5.75 Å². The maximum atomic E-state index is 12.2. The summed E-state index contributed by atoms with van der Waals surface area (Å²) in [5.74, 6) is 0.635. The van der Waals surface area contributed by atoms with Gasteiger partial charge in [0, 0.05) is 5.56 Å². The molecule has 0 saturated heterocycles. The SMILES string of the molecule is C=CCc1cccc(/C=N\NC(=O)Cn2c(C)nc3ccccc32)c1O. The van der Waals surface area contributed by atoms with Crippen LogP contribution in [0.15, 0.2) is 60.2 Å². The highest BCUT2D eigenvalue weighted by atomic mass is 16.3.